The lowest BCUT2D eigenvalue weighted by atomic mass is 9.93. The number of methoxy groups -OCH3 is 1. The molecule has 1 aromatic heterocycles. The predicted molar refractivity (Wildman–Crippen MR) is 67.4 cm³/mol. The summed E-state index contributed by atoms with van der Waals surface area (Å²) < 4.78 is 9.27. The first-order valence-corrected chi connectivity index (χ1v) is 6.81. The lowest BCUT2D eigenvalue weighted by molar-refractivity contribution is 0.126. The monoisotopic (exact) mass is 257 g/mol. The van der Waals surface area contributed by atoms with E-state index in [0.717, 1.165) is 43.1 Å². The van der Waals surface area contributed by atoms with Crippen molar-refractivity contribution in [3.63, 3.8) is 0 Å². The van der Waals surface area contributed by atoms with Gasteiger partial charge in [0.2, 0.25) is 5.13 Å². The molecule has 1 aliphatic carbocycles. The molecule has 0 spiro atoms. The van der Waals surface area contributed by atoms with Gasteiger partial charge in [-0.25, -0.2) is 4.98 Å². The maximum absolute atomic E-state index is 9.43. The van der Waals surface area contributed by atoms with Crippen molar-refractivity contribution in [3.8, 4) is 0 Å². The van der Waals surface area contributed by atoms with Gasteiger partial charge in [-0.15, -0.1) is 0 Å². The second-order valence-corrected chi connectivity index (χ2v) is 5.16. The van der Waals surface area contributed by atoms with Crippen LogP contribution < -0.4 is 5.32 Å². The fourth-order valence-corrected chi connectivity index (χ4v) is 2.69. The Kier molecular flexibility index (Phi) is 4.70. The Bertz CT molecular complexity index is 337. The molecule has 5 nitrogen and oxygen atoms in total. The van der Waals surface area contributed by atoms with Crippen LogP contribution >= 0.6 is 11.5 Å². The molecular formula is C11H19N3O2S. The zero-order chi connectivity index (χ0) is 12.1. The minimum atomic E-state index is -0.111. The van der Waals surface area contributed by atoms with Crippen molar-refractivity contribution in [2.24, 2.45) is 0 Å². The molecule has 0 aliphatic heterocycles. The van der Waals surface area contributed by atoms with Gasteiger partial charge < -0.3 is 15.2 Å². The minimum absolute atomic E-state index is 0.111. The number of aliphatic hydroxyl groups is 1. The number of ether oxygens (including phenoxy) is 1. The maximum Gasteiger partial charge on any atom is 0.202 e. The molecule has 0 atom stereocenters. The molecule has 1 saturated carbocycles. The molecule has 6 heteroatoms. The molecule has 0 amide bonds. The molecule has 1 fully saturated rings. The summed E-state index contributed by atoms with van der Waals surface area (Å²) in [5, 5.41) is 13.7. The van der Waals surface area contributed by atoms with Crippen molar-refractivity contribution < 1.29 is 9.84 Å². The van der Waals surface area contributed by atoms with E-state index in [9.17, 15) is 5.11 Å². The molecule has 1 heterocycles. The van der Waals surface area contributed by atoms with Crippen LogP contribution in [0.1, 0.15) is 31.5 Å². The number of hydrogen-bond acceptors (Lipinski definition) is 6. The summed E-state index contributed by atoms with van der Waals surface area (Å²) in [6.07, 6.45) is 4.43. The predicted octanol–water partition coefficient (Wildman–Crippen LogP) is 1.44. The largest absolute Gasteiger partial charge is 0.393 e. The Morgan fingerprint density at radius 2 is 2.18 bits per heavy atom. The van der Waals surface area contributed by atoms with Crippen molar-refractivity contribution in [2.75, 3.05) is 19.0 Å². The first-order chi connectivity index (χ1) is 8.28. The highest BCUT2D eigenvalue weighted by Crippen LogP contribution is 2.23. The number of nitrogens with zero attached hydrogens (tertiary/aromatic N) is 2. The number of hydrogen-bond donors (Lipinski definition) is 2. The van der Waals surface area contributed by atoms with Crippen molar-refractivity contribution in [1.29, 1.82) is 0 Å². The number of aliphatic hydroxyl groups excluding tert-OH is 1. The van der Waals surface area contributed by atoms with E-state index in [1.165, 1.54) is 11.5 Å². The summed E-state index contributed by atoms with van der Waals surface area (Å²) >= 11 is 1.40. The molecule has 0 bridgehead atoms. The molecule has 0 radical (unpaired) electrons. The van der Waals surface area contributed by atoms with Gasteiger partial charge in [-0.1, -0.05) is 0 Å². The Labute approximate surface area is 105 Å². The van der Waals surface area contributed by atoms with Crippen molar-refractivity contribution in [3.05, 3.63) is 5.82 Å². The van der Waals surface area contributed by atoms with Gasteiger partial charge in [-0.2, -0.15) is 4.37 Å². The fraction of sp³-hybridized carbons (Fsp3) is 0.818. The van der Waals surface area contributed by atoms with Crippen LogP contribution in [0.4, 0.5) is 5.13 Å². The second kappa shape index (κ2) is 6.28. The Balaban J connectivity index is 1.80. The number of aromatic nitrogens is 2. The zero-order valence-electron chi connectivity index (χ0n) is 10.1. The van der Waals surface area contributed by atoms with E-state index in [1.54, 1.807) is 7.11 Å². The van der Waals surface area contributed by atoms with Gasteiger partial charge >= 0.3 is 0 Å². The van der Waals surface area contributed by atoms with E-state index in [4.69, 9.17) is 4.74 Å². The van der Waals surface area contributed by atoms with Gasteiger partial charge in [0.05, 0.1) is 12.7 Å². The van der Waals surface area contributed by atoms with Gasteiger partial charge in [-0.3, -0.25) is 0 Å². The maximum atomic E-state index is 9.43. The minimum Gasteiger partial charge on any atom is -0.393 e. The molecule has 17 heavy (non-hydrogen) atoms. The lowest BCUT2D eigenvalue weighted by Gasteiger charge is -2.25. The summed E-state index contributed by atoms with van der Waals surface area (Å²) in [6.45, 7) is 0.659. The quantitative estimate of drug-likeness (QED) is 0.835. The van der Waals surface area contributed by atoms with Gasteiger partial charge in [0.15, 0.2) is 0 Å². The number of anilines is 1. The van der Waals surface area contributed by atoms with Crippen LogP contribution in [0.2, 0.25) is 0 Å². The van der Waals surface area contributed by atoms with Crippen LogP contribution in [0, 0.1) is 0 Å². The van der Waals surface area contributed by atoms with E-state index >= 15 is 0 Å². The van der Waals surface area contributed by atoms with Crippen molar-refractivity contribution in [2.45, 2.75) is 44.2 Å². The third-order valence-electron chi connectivity index (χ3n) is 3.02. The normalized spacial score (nSPS) is 24.8. The highest BCUT2D eigenvalue weighted by atomic mass is 32.1. The van der Waals surface area contributed by atoms with Crippen LogP contribution in [0.25, 0.3) is 0 Å². The number of rotatable bonds is 5. The summed E-state index contributed by atoms with van der Waals surface area (Å²) in [4.78, 5) is 4.41. The average Bonchev–Trinajstić information content (AvgIpc) is 2.77. The van der Waals surface area contributed by atoms with Crippen LogP contribution in [0.15, 0.2) is 0 Å². The molecule has 2 N–H and O–H groups in total. The summed E-state index contributed by atoms with van der Waals surface area (Å²) in [7, 11) is 1.68. The van der Waals surface area contributed by atoms with Gasteiger partial charge in [-0.05, 0) is 25.7 Å². The van der Waals surface area contributed by atoms with Gasteiger partial charge in [0.25, 0.3) is 0 Å². The third kappa shape index (κ3) is 3.90. The third-order valence-corrected chi connectivity index (χ3v) is 3.71. The Morgan fingerprint density at radius 3 is 2.88 bits per heavy atom. The SMILES string of the molecule is COCCc1nsc(NC2CCC(O)CC2)n1. The summed E-state index contributed by atoms with van der Waals surface area (Å²) in [5.41, 5.74) is 0. The topological polar surface area (TPSA) is 67.3 Å². The Hall–Kier alpha value is -0.720. The fourth-order valence-electron chi connectivity index (χ4n) is 2.00. The zero-order valence-corrected chi connectivity index (χ0v) is 10.9. The van der Waals surface area contributed by atoms with Crippen LogP contribution in [0.5, 0.6) is 0 Å². The van der Waals surface area contributed by atoms with E-state index in [2.05, 4.69) is 14.7 Å². The second-order valence-electron chi connectivity index (χ2n) is 4.41. The van der Waals surface area contributed by atoms with E-state index in [-0.39, 0.29) is 6.10 Å². The number of nitrogens with one attached hydrogen (secondary N) is 1. The lowest BCUT2D eigenvalue weighted by Crippen LogP contribution is -2.28. The molecule has 1 aliphatic rings. The molecule has 2 rings (SSSR count). The average molecular weight is 257 g/mol. The molecule has 96 valence electrons. The Morgan fingerprint density at radius 1 is 1.41 bits per heavy atom. The highest BCUT2D eigenvalue weighted by Gasteiger charge is 2.20. The van der Waals surface area contributed by atoms with E-state index in [0.29, 0.717) is 12.6 Å². The van der Waals surface area contributed by atoms with Gasteiger partial charge in [0.1, 0.15) is 5.82 Å². The first kappa shape index (κ1) is 12.7. The van der Waals surface area contributed by atoms with E-state index in [1.807, 2.05) is 0 Å². The smallest absolute Gasteiger partial charge is 0.202 e. The van der Waals surface area contributed by atoms with Crippen LogP contribution in [-0.4, -0.2) is 40.3 Å². The van der Waals surface area contributed by atoms with Crippen molar-refractivity contribution in [1.82, 2.24) is 9.36 Å². The molecule has 0 saturated heterocycles. The highest BCUT2D eigenvalue weighted by molar-refractivity contribution is 7.09. The molecular weight excluding hydrogens is 238 g/mol. The first-order valence-electron chi connectivity index (χ1n) is 6.04. The van der Waals surface area contributed by atoms with Crippen LogP contribution in [-0.2, 0) is 11.2 Å². The van der Waals surface area contributed by atoms with E-state index < -0.39 is 0 Å². The summed E-state index contributed by atoms with van der Waals surface area (Å²) in [6, 6.07) is 0.432. The summed E-state index contributed by atoms with van der Waals surface area (Å²) in [5.74, 6) is 0.843. The van der Waals surface area contributed by atoms with Crippen molar-refractivity contribution >= 4 is 16.7 Å². The molecule has 0 unspecified atom stereocenters. The standard InChI is InChI=1S/C11H19N3O2S/c1-16-7-6-10-13-11(17-14-10)12-8-2-4-9(15)5-3-8/h8-9,15H,2-7H2,1H3,(H,12,13,14). The molecule has 0 aromatic carbocycles. The van der Waals surface area contributed by atoms with Crippen LogP contribution in [0.3, 0.4) is 0 Å². The molecule has 1 aromatic rings. The van der Waals surface area contributed by atoms with Gasteiger partial charge in [0, 0.05) is 31.1 Å².